The summed E-state index contributed by atoms with van der Waals surface area (Å²) in [6.45, 7) is 3.48. The third-order valence-corrected chi connectivity index (χ3v) is 11.8. The van der Waals surface area contributed by atoms with Gasteiger partial charge in [0.1, 0.15) is 5.75 Å². The summed E-state index contributed by atoms with van der Waals surface area (Å²) in [6.07, 6.45) is 10.5. The summed E-state index contributed by atoms with van der Waals surface area (Å²) in [5.41, 5.74) is 4.55. The number of hydrogen-bond donors (Lipinski definition) is 0. The number of carbonyl (C=O) groups excluding carboxylic acids is 1. The lowest BCUT2D eigenvalue weighted by molar-refractivity contribution is -0.107. The third-order valence-electron chi connectivity index (χ3n) is 11.8. The number of benzene rings is 2. The van der Waals surface area contributed by atoms with Crippen molar-refractivity contribution in [1.82, 2.24) is 9.80 Å². The maximum absolute atomic E-state index is 13.8. The Bertz CT molecular complexity index is 1210. The van der Waals surface area contributed by atoms with Gasteiger partial charge in [-0.2, -0.15) is 0 Å². The van der Waals surface area contributed by atoms with Gasteiger partial charge in [-0.25, -0.2) is 0 Å². The molecule has 2 aromatic carbocycles. The van der Waals surface area contributed by atoms with Crippen LogP contribution in [0.2, 0.25) is 0 Å². The topological polar surface area (TPSA) is 32.8 Å². The van der Waals surface area contributed by atoms with Crippen LogP contribution in [0.5, 0.6) is 5.75 Å². The van der Waals surface area contributed by atoms with Crippen LogP contribution < -0.4 is 4.74 Å². The van der Waals surface area contributed by atoms with Crippen LogP contribution >= 0.6 is 0 Å². The van der Waals surface area contributed by atoms with Crippen molar-refractivity contribution in [2.75, 3.05) is 26.7 Å². The van der Waals surface area contributed by atoms with E-state index >= 15 is 0 Å². The molecule has 8 rings (SSSR count). The van der Waals surface area contributed by atoms with E-state index in [0.717, 1.165) is 23.8 Å². The van der Waals surface area contributed by atoms with Crippen LogP contribution in [0.1, 0.15) is 66.4 Å². The highest BCUT2D eigenvalue weighted by Gasteiger charge is 2.76. The van der Waals surface area contributed by atoms with Crippen LogP contribution in [0.25, 0.3) is 0 Å². The van der Waals surface area contributed by atoms with E-state index in [1.807, 2.05) is 30.3 Å². The molecule has 4 bridgehead atoms. The van der Waals surface area contributed by atoms with Gasteiger partial charge in [-0.15, -0.1) is 0 Å². The molecule has 2 heterocycles. The Morgan fingerprint density at radius 1 is 1.08 bits per heavy atom. The van der Waals surface area contributed by atoms with Gasteiger partial charge in [-0.3, -0.25) is 9.69 Å². The predicted octanol–water partition coefficient (Wildman–Crippen LogP) is 5.30. The fraction of sp³-hybridized carbons (Fsp3) is 0.594. The fourth-order valence-corrected chi connectivity index (χ4v) is 10.4. The Morgan fingerprint density at radius 2 is 1.94 bits per heavy atom. The molecule has 0 aromatic heterocycles. The molecule has 188 valence electrons. The first kappa shape index (κ1) is 21.7. The molecular weight excluding hydrogens is 444 g/mol. The van der Waals surface area contributed by atoms with E-state index in [1.165, 1.54) is 64.5 Å². The molecule has 0 N–H and O–H groups in total. The van der Waals surface area contributed by atoms with E-state index in [9.17, 15) is 4.79 Å². The van der Waals surface area contributed by atoms with Gasteiger partial charge < -0.3 is 9.64 Å². The Hall–Kier alpha value is -2.33. The van der Waals surface area contributed by atoms with Gasteiger partial charge >= 0.3 is 0 Å². The highest BCUT2D eigenvalue weighted by molar-refractivity contribution is 5.94. The first-order valence-electron chi connectivity index (χ1n) is 14.4. The molecule has 5 fully saturated rings. The van der Waals surface area contributed by atoms with E-state index in [1.54, 1.807) is 18.2 Å². The van der Waals surface area contributed by atoms with E-state index < -0.39 is 0 Å². The minimum absolute atomic E-state index is 0.190. The maximum Gasteiger partial charge on any atom is 0.254 e. The standard InChI is InChI=1S/C32H38N2O2/c1-36-25-11-10-23-16-28-31-13-12-27-29(24(18-31)20-34(27)30(35)22-8-3-2-4-9-22)32(31,26(23)17-25)14-15-33(28)19-21-6-5-7-21/h2-4,8-11,17,21,24,27-29H,5-7,12-16,18-20H2,1H3/t24-,27?,28?,29?,31?,32?/m1/s1. The van der Waals surface area contributed by atoms with E-state index in [0.29, 0.717) is 29.3 Å². The first-order valence-corrected chi connectivity index (χ1v) is 14.4. The minimum Gasteiger partial charge on any atom is -0.497 e. The normalized spacial score (nSPS) is 38.3. The third kappa shape index (κ3) is 2.62. The summed E-state index contributed by atoms with van der Waals surface area (Å²) >= 11 is 0. The zero-order chi connectivity index (χ0) is 24.1. The van der Waals surface area contributed by atoms with Crippen molar-refractivity contribution in [2.24, 2.45) is 23.2 Å². The van der Waals surface area contributed by atoms with Crippen LogP contribution in [0.15, 0.2) is 48.5 Å². The summed E-state index contributed by atoms with van der Waals surface area (Å²) < 4.78 is 5.79. The Morgan fingerprint density at radius 3 is 2.72 bits per heavy atom. The largest absolute Gasteiger partial charge is 0.497 e. The van der Waals surface area contributed by atoms with E-state index in [4.69, 9.17) is 4.74 Å². The molecule has 4 heteroatoms. The molecule has 2 saturated heterocycles. The lowest BCUT2D eigenvalue weighted by Gasteiger charge is -2.67. The van der Waals surface area contributed by atoms with E-state index in [-0.39, 0.29) is 11.3 Å². The number of carbonyl (C=O) groups is 1. The highest BCUT2D eigenvalue weighted by atomic mass is 16.5. The van der Waals surface area contributed by atoms with Crippen LogP contribution in [0, 0.1) is 23.2 Å². The molecule has 4 aliphatic carbocycles. The zero-order valence-corrected chi connectivity index (χ0v) is 21.5. The summed E-state index contributed by atoms with van der Waals surface area (Å²) in [4.78, 5) is 19.0. The van der Waals surface area contributed by atoms with Gasteiger partial charge in [0.05, 0.1) is 7.11 Å². The van der Waals surface area contributed by atoms with Crippen molar-refractivity contribution >= 4 is 5.91 Å². The van der Waals surface area contributed by atoms with Gasteiger partial charge in [0.15, 0.2) is 0 Å². The number of nitrogens with zero attached hydrogens (tertiary/aromatic N) is 2. The second-order valence-electron chi connectivity index (χ2n) is 12.8. The van der Waals surface area contributed by atoms with Crippen molar-refractivity contribution in [3.05, 3.63) is 65.2 Å². The lowest BCUT2D eigenvalue weighted by Crippen LogP contribution is -2.70. The monoisotopic (exact) mass is 482 g/mol. The average molecular weight is 483 g/mol. The zero-order valence-electron chi connectivity index (χ0n) is 21.5. The Balaban J connectivity index is 1.24. The smallest absolute Gasteiger partial charge is 0.254 e. The number of ether oxygens (including phenoxy) is 1. The molecule has 5 unspecified atom stereocenters. The van der Waals surface area contributed by atoms with Gasteiger partial charge in [-0.1, -0.05) is 30.7 Å². The quantitative estimate of drug-likeness (QED) is 0.593. The SMILES string of the molecule is COc1ccc2c(c1)C13CCN(CC4CCC4)C(C2)C12CCC1C3[C@@H](CN1C(=O)c1ccccc1)C2. The van der Waals surface area contributed by atoms with E-state index in [2.05, 4.69) is 28.0 Å². The molecular formula is C32H38N2O2. The highest BCUT2D eigenvalue weighted by Crippen LogP contribution is 2.75. The summed E-state index contributed by atoms with van der Waals surface area (Å²) in [7, 11) is 1.81. The number of rotatable bonds is 4. The van der Waals surface area contributed by atoms with Crippen molar-refractivity contribution in [1.29, 1.82) is 0 Å². The number of hydrogen-bond acceptors (Lipinski definition) is 3. The molecule has 36 heavy (non-hydrogen) atoms. The van der Waals surface area contributed by atoms with Gasteiger partial charge in [-0.05, 0) is 110 Å². The summed E-state index contributed by atoms with van der Waals surface area (Å²) in [5, 5.41) is 0. The molecule has 2 aromatic rings. The average Bonchev–Trinajstić information content (AvgIpc) is 3.33. The Labute approximate surface area is 215 Å². The molecule has 3 saturated carbocycles. The molecule has 0 radical (unpaired) electrons. The molecule has 2 aliphatic heterocycles. The van der Waals surface area contributed by atoms with Gasteiger partial charge in [0.2, 0.25) is 0 Å². The number of methoxy groups -OCH3 is 1. The predicted molar refractivity (Wildman–Crippen MR) is 140 cm³/mol. The second kappa shape index (κ2) is 7.60. The molecule has 6 atom stereocenters. The fourth-order valence-electron chi connectivity index (χ4n) is 10.4. The Kier molecular flexibility index (Phi) is 4.59. The van der Waals surface area contributed by atoms with Gasteiger partial charge in [0, 0.05) is 36.2 Å². The molecule has 1 amide bonds. The molecule has 4 nitrogen and oxygen atoms in total. The van der Waals surface area contributed by atoms with Crippen LogP contribution in [0.3, 0.4) is 0 Å². The second-order valence-corrected chi connectivity index (χ2v) is 12.8. The van der Waals surface area contributed by atoms with Crippen LogP contribution in [-0.2, 0) is 11.8 Å². The maximum atomic E-state index is 13.8. The molecule has 0 spiro atoms. The molecule has 6 aliphatic rings. The van der Waals surface area contributed by atoms with Gasteiger partial charge in [0.25, 0.3) is 5.91 Å². The van der Waals surface area contributed by atoms with Crippen molar-refractivity contribution < 1.29 is 9.53 Å². The lowest BCUT2D eigenvalue weighted by atomic mass is 9.43. The number of likely N-dealkylation sites (tertiary alicyclic amines) is 2. The summed E-state index contributed by atoms with van der Waals surface area (Å²) in [6, 6.07) is 18.0. The minimum atomic E-state index is 0.190. The first-order chi connectivity index (χ1) is 17.6. The summed E-state index contributed by atoms with van der Waals surface area (Å²) in [5.74, 6) is 3.37. The number of piperidine rings is 1. The number of fused-ring (bicyclic) bond motifs is 1. The van der Waals surface area contributed by atoms with Crippen molar-refractivity contribution in [2.45, 2.75) is 68.9 Å². The van der Waals surface area contributed by atoms with Crippen molar-refractivity contribution in [3.63, 3.8) is 0 Å². The van der Waals surface area contributed by atoms with Crippen molar-refractivity contribution in [3.8, 4) is 5.75 Å². The van der Waals surface area contributed by atoms with Crippen LogP contribution in [0.4, 0.5) is 0 Å². The number of amides is 1. The van der Waals surface area contributed by atoms with Crippen LogP contribution in [-0.4, -0.2) is 54.5 Å².